The van der Waals surface area contributed by atoms with Crippen LogP contribution in [0.2, 0.25) is 0 Å². The lowest BCUT2D eigenvalue weighted by Gasteiger charge is -2.34. The van der Waals surface area contributed by atoms with E-state index in [0.29, 0.717) is 30.2 Å². The highest BCUT2D eigenvalue weighted by atomic mass is 32.1. The van der Waals surface area contributed by atoms with Gasteiger partial charge in [-0.1, -0.05) is 49.9 Å². The third-order valence-electron chi connectivity index (χ3n) is 6.67. The van der Waals surface area contributed by atoms with E-state index >= 15 is 0 Å². The van der Waals surface area contributed by atoms with E-state index < -0.39 is 0 Å². The fourth-order valence-corrected chi connectivity index (χ4v) is 5.77. The molecular formula is C21H34N6O2S. The van der Waals surface area contributed by atoms with Crippen LogP contribution in [0, 0.1) is 0 Å². The lowest BCUT2D eigenvalue weighted by Crippen LogP contribution is -2.52. The van der Waals surface area contributed by atoms with Gasteiger partial charge in [0.15, 0.2) is 0 Å². The number of nitrogens with one attached hydrogen (secondary N) is 3. The summed E-state index contributed by atoms with van der Waals surface area (Å²) in [6.07, 6.45) is 13.6. The van der Waals surface area contributed by atoms with Crippen molar-refractivity contribution in [3.05, 3.63) is 5.01 Å². The Hall–Kier alpha value is -1.90. The Morgan fingerprint density at radius 3 is 2.13 bits per heavy atom. The van der Waals surface area contributed by atoms with Crippen molar-refractivity contribution in [1.29, 1.82) is 0 Å². The Morgan fingerprint density at radius 1 is 0.800 bits per heavy atom. The fourth-order valence-electron chi connectivity index (χ4n) is 4.86. The highest BCUT2D eigenvalue weighted by Crippen LogP contribution is 2.35. The molecule has 1 saturated heterocycles. The standard InChI is InChI=1S/C21H34N6O2S/c28-19(24-20-26-25-18(30-20)15-7-3-1-4-8-15)22-17-11-13-27(14-12-17)21(29)23-16-9-5-2-6-10-16/h15-17H,1-14H2,(H,23,29)(H2,22,24,26,28). The van der Waals surface area contributed by atoms with Crippen molar-refractivity contribution < 1.29 is 9.59 Å². The monoisotopic (exact) mass is 434 g/mol. The van der Waals surface area contributed by atoms with Crippen LogP contribution >= 0.6 is 11.3 Å². The summed E-state index contributed by atoms with van der Waals surface area (Å²) in [5.41, 5.74) is 0. The summed E-state index contributed by atoms with van der Waals surface area (Å²) in [4.78, 5) is 26.7. The van der Waals surface area contributed by atoms with E-state index in [9.17, 15) is 9.59 Å². The molecule has 4 amide bonds. The van der Waals surface area contributed by atoms with Crippen LogP contribution in [0.5, 0.6) is 0 Å². The number of carbonyl (C=O) groups is 2. The fraction of sp³-hybridized carbons (Fsp3) is 0.810. The molecule has 166 valence electrons. The van der Waals surface area contributed by atoms with Crippen LogP contribution in [-0.2, 0) is 0 Å². The van der Waals surface area contributed by atoms with Crippen molar-refractivity contribution in [1.82, 2.24) is 25.7 Å². The molecule has 0 spiro atoms. The Kier molecular flexibility index (Phi) is 7.41. The average Bonchev–Trinajstić information content (AvgIpc) is 3.24. The van der Waals surface area contributed by atoms with E-state index in [-0.39, 0.29) is 18.1 Å². The Bertz CT molecular complexity index is 706. The number of amides is 4. The second-order valence-corrected chi connectivity index (χ2v) is 9.93. The summed E-state index contributed by atoms with van der Waals surface area (Å²) in [7, 11) is 0. The summed E-state index contributed by atoms with van der Waals surface area (Å²) >= 11 is 1.50. The lowest BCUT2D eigenvalue weighted by molar-refractivity contribution is 0.170. The zero-order valence-corrected chi connectivity index (χ0v) is 18.5. The van der Waals surface area contributed by atoms with Gasteiger partial charge in [-0.05, 0) is 38.5 Å². The quantitative estimate of drug-likeness (QED) is 0.661. The maximum Gasteiger partial charge on any atom is 0.321 e. The minimum Gasteiger partial charge on any atom is -0.335 e. The number of hydrogen-bond donors (Lipinski definition) is 3. The third kappa shape index (κ3) is 5.83. The number of carbonyl (C=O) groups excluding carboxylic acids is 2. The van der Waals surface area contributed by atoms with Gasteiger partial charge in [0.05, 0.1) is 0 Å². The number of rotatable bonds is 4. The van der Waals surface area contributed by atoms with Gasteiger partial charge in [0.1, 0.15) is 5.01 Å². The first-order valence-electron chi connectivity index (χ1n) is 11.6. The molecule has 4 rings (SSSR count). The van der Waals surface area contributed by atoms with Crippen molar-refractivity contribution in [2.45, 2.75) is 95.1 Å². The van der Waals surface area contributed by atoms with Crippen LogP contribution in [0.25, 0.3) is 0 Å². The van der Waals surface area contributed by atoms with E-state index in [1.807, 2.05) is 4.90 Å². The Balaban J connectivity index is 1.17. The third-order valence-corrected chi connectivity index (χ3v) is 7.67. The first-order chi connectivity index (χ1) is 14.7. The summed E-state index contributed by atoms with van der Waals surface area (Å²) in [5.74, 6) is 0.499. The van der Waals surface area contributed by atoms with E-state index in [4.69, 9.17) is 0 Å². The van der Waals surface area contributed by atoms with E-state index in [2.05, 4.69) is 26.1 Å². The topological polar surface area (TPSA) is 99.2 Å². The van der Waals surface area contributed by atoms with Gasteiger partial charge in [0, 0.05) is 31.1 Å². The van der Waals surface area contributed by atoms with Crippen LogP contribution in [-0.4, -0.2) is 52.3 Å². The van der Waals surface area contributed by atoms with Gasteiger partial charge in [-0.3, -0.25) is 5.32 Å². The molecule has 0 aromatic carbocycles. The predicted octanol–water partition coefficient (Wildman–Crippen LogP) is 4.21. The zero-order valence-electron chi connectivity index (χ0n) is 17.7. The van der Waals surface area contributed by atoms with Crippen molar-refractivity contribution in [2.24, 2.45) is 0 Å². The molecule has 0 unspecified atom stereocenters. The summed E-state index contributed by atoms with van der Waals surface area (Å²) in [5, 5.41) is 19.1. The van der Waals surface area contributed by atoms with Crippen molar-refractivity contribution >= 4 is 28.5 Å². The summed E-state index contributed by atoms with van der Waals surface area (Å²) in [6, 6.07) is 0.230. The number of hydrogen-bond acceptors (Lipinski definition) is 5. The number of nitrogens with zero attached hydrogens (tertiary/aromatic N) is 3. The van der Waals surface area contributed by atoms with Crippen molar-refractivity contribution in [3.63, 3.8) is 0 Å². The number of likely N-dealkylation sites (tertiary alicyclic amines) is 1. The van der Waals surface area contributed by atoms with Gasteiger partial charge in [0.2, 0.25) is 5.13 Å². The molecule has 0 atom stereocenters. The Labute approximate surface area is 182 Å². The molecule has 3 N–H and O–H groups in total. The van der Waals surface area contributed by atoms with Crippen molar-refractivity contribution in [2.75, 3.05) is 18.4 Å². The molecule has 2 aliphatic carbocycles. The molecular weight excluding hydrogens is 400 g/mol. The molecule has 2 heterocycles. The van der Waals surface area contributed by atoms with Gasteiger partial charge < -0.3 is 15.5 Å². The Morgan fingerprint density at radius 2 is 1.43 bits per heavy atom. The smallest absolute Gasteiger partial charge is 0.321 e. The largest absolute Gasteiger partial charge is 0.335 e. The molecule has 1 aromatic rings. The predicted molar refractivity (Wildman–Crippen MR) is 118 cm³/mol. The first kappa shape index (κ1) is 21.3. The molecule has 0 radical (unpaired) electrons. The summed E-state index contributed by atoms with van der Waals surface area (Å²) in [6.45, 7) is 1.35. The molecule has 2 saturated carbocycles. The van der Waals surface area contributed by atoms with Gasteiger partial charge in [-0.25, -0.2) is 9.59 Å². The summed E-state index contributed by atoms with van der Waals surface area (Å²) < 4.78 is 0. The molecule has 3 fully saturated rings. The van der Waals surface area contributed by atoms with Gasteiger partial charge in [0.25, 0.3) is 0 Å². The number of aromatic nitrogens is 2. The normalized spacial score (nSPS) is 21.9. The van der Waals surface area contributed by atoms with Crippen LogP contribution in [0.1, 0.15) is 88.0 Å². The minimum atomic E-state index is -0.230. The van der Waals surface area contributed by atoms with Gasteiger partial charge >= 0.3 is 12.1 Å². The van der Waals surface area contributed by atoms with E-state index in [1.54, 1.807) is 0 Å². The minimum absolute atomic E-state index is 0.0499. The molecule has 1 aliphatic heterocycles. The van der Waals surface area contributed by atoms with E-state index in [1.165, 1.54) is 62.7 Å². The highest BCUT2D eigenvalue weighted by molar-refractivity contribution is 7.15. The SMILES string of the molecule is O=C(Nc1nnc(C2CCCCC2)s1)NC1CCN(C(=O)NC2CCCCC2)CC1. The maximum absolute atomic E-state index is 12.5. The van der Waals surface area contributed by atoms with Crippen LogP contribution in [0.15, 0.2) is 0 Å². The second kappa shape index (κ2) is 10.4. The molecule has 0 bridgehead atoms. The highest BCUT2D eigenvalue weighted by Gasteiger charge is 2.26. The molecule has 3 aliphatic rings. The first-order valence-corrected chi connectivity index (χ1v) is 12.5. The van der Waals surface area contributed by atoms with Gasteiger partial charge in [-0.2, -0.15) is 0 Å². The maximum atomic E-state index is 12.5. The number of anilines is 1. The van der Waals surface area contributed by atoms with Crippen LogP contribution in [0.3, 0.4) is 0 Å². The second-order valence-electron chi connectivity index (χ2n) is 8.92. The molecule has 1 aromatic heterocycles. The van der Waals surface area contributed by atoms with Crippen LogP contribution in [0.4, 0.5) is 14.7 Å². The average molecular weight is 435 g/mol. The van der Waals surface area contributed by atoms with E-state index in [0.717, 1.165) is 30.7 Å². The van der Waals surface area contributed by atoms with Crippen molar-refractivity contribution in [3.8, 4) is 0 Å². The molecule has 8 nitrogen and oxygen atoms in total. The zero-order chi connectivity index (χ0) is 20.8. The number of urea groups is 2. The lowest BCUT2D eigenvalue weighted by atomic mass is 9.90. The number of piperidine rings is 1. The van der Waals surface area contributed by atoms with Gasteiger partial charge in [-0.15, -0.1) is 10.2 Å². The van der Waals surface area contributed by atoms with Crippen LogP contribution < -0.4 is 16.0 Å². The molecule has 30 heavy (non-hydrogen) atoms. The molecule has 9 heteroatoms.